The summed E-state index contributed by atoms with van der Waals surface area (Å²) in [5.41, 5.74) is 0.683. The first-order valence-corrected chi connectivity index (χ1v) is 4.46. The number of dihydropyridines is 1. The Kier molecular flexibility index (Phi) is 3.55. The second kappa shape index (κ2) is 4.70. The molecule has 0 aromatic rings. The summed E-state index contributed by atoms with van der Waals surface area (Å²) in [5, 5.41) is 2.95. The SMILES string of the molecule is CC(C)COC(=O)C1=CC=CNC1. The van der Waals surface area contributed by atoms with Crippen LogP contribution in [0.25, 0.3) is 0 Å². The van der Waals surface area contributed by atoms with Gasteiger partial charge in [-0.15, -0.1) is 0 Å². The van der Waals surface area contributed by atoms with Gasteiger partial charge in [-0.05, 0) is 24.3 Å². The van der Waals surface area contributed by atoms with Crippen LogP contribution in [0.4, 0.5) is 0 Å². The largest absolute Gasteiger partial charge is 0.462 e. The monoisotopic (exact) mass is 181 g/mol. The second-order valence-electron chi connectivity index (χ2n) is 3.42. The lowest BCUT2D eigenvalue weighted by atomic mass is 10.2. The lowest BCUT2D eigenvalue weighted by Crippen LogP contribution is -2.21. The predicted octanol–water partition coefficient (Wildman–Crippen LogP) is 1.23. The van der Waals surface area contributed by atoms with Crippen molar-refractivity contribution >= 4 is 5.97 Å². The van der Waals surface area contributed by atoms with Crippen molar-refractivity contribution in [2.75, 3.05) is 13.2 Å². The zero-order valence-corrected chi connectivity index (χ0v) is 8.04. The predicted molar refractivity (Wildman–Crippen MR) is 51.0 cm³/mol. The van der Waals surface area contributed by atoms with Gasteiger partial charge in [0.25, 0.3) is 0 Å². The highest BCUT2D eigenvalue weighted by molar-refractivity contribution is 5.89. The quantitative estimate of drug-likeness (QED) is 0.665. The third-order valence-electron chi connectivity index (χ3n) is 1.61. The molecule has 3 heteroatoms. The number of esters is 1. The maximum atomic E-state index is 11.3. The molecule has 0 aliphatic carbocycles. The summed E-state index contributed by atoms with van der Waals surface area (Å²) in [5.74, 6) is 0.169. The number of carbonyl (C=O) groups excluding carboxylic acids is 1. The van der Waals surface area contributed by atoms with E-state index in [1.54, 1.807) is 18.4 Å². The van der Waals surface area contributed by atoms with Gasteiger partial charge >= 0.3 is 5.97 Å². The standard InChI is InChI=1S/C10H15NO2/c1-8(2)7-13-10(12)9-4-3-5-11-6-9/h3-5,8,11H,6-7H2,1-2H3. The Hall–Kier alpha value is -1.25. The van der Waals surface area contributed by atoms with Crippen LogP contribution in [0.5, 0.6) is 0 Å². The van der Waals surface area contributed by atoms with Crippen molar-refractivity contribution in [2.24, 2.45) is 5.92 Å². The first-order chi connectivity index (χ1) is 6.20. The van der Waals surface area contributed by atoms with Gasteiger partial charge in [-0.25, -0.2) is 4.79 Å². The van der Waals surface area contributed by atoms with Crippen molar-refractivity contribution in [3.63, 3.8) is 0 Å². The van der Waals surface area contributed by atoms with Crippen LogP contribution in [0.2, 0.25) is 0 Å². The van der Waals surface area contributed by atoms with Crippen LogP contribution in [0.15, 0.2) is 23.9 Å². The molecule has 0 aromatic heterocycles. The van der Waals surface area contributed by atoms with Gasteiger partial charge < -0.3 is 10.1 Å². The number of rotatable bonds is 3. The molecule has 1 aliphatic heterocycles. The Morgan fingerprint density at radius 2 is 2.46 bits per heavy atom. The van der Waals surface area contributed by atoms with E-state index >= 15 is 0 Å². The molecular weight excluding hydrogens is 166 g/mol. The first-order valence-electron chi connectivity index (χ1n) is 4.46. The van der Waals surface area contributed by atoms with Crippen molar-refractivity contribution in [2.45, 2.75) is 13.8 Å². The fraction of sp³-hybridized carbons (Fsp3) is 0.500. The lowest BCUT2D eigenvalue weighted by Gasteiger charge is -2.11. The van der Waals surface area contributed by atoms with Crippen LogP contribution in [0.3, 0.4) is 0 Å². The highest BCUT2D eigenvalue weighted by atomic mass is 16.5. The van der Waals surface area contributed by atoms with Crippen molar-refractivity contribution in [3.05, 3.63) is 23.9 Å². The minimum absolute atomic E-state index is 0.217. The molecule has 0 amide bonds. The average molecular weight is 181 g/mol. The van der Waals surface area contributed by atoms with Crippen molar-refractivity contribution in [3.8, 4) is 0 Å². The maximum absolute atomic E-state index is 11.3. The van der Waals surface area contributed by atoms with E-state index in [0.717, 1.165) is 0 Å². The molecule has 1 rings (SSSR count). The number of carbonyl (C=O) groups is 1. The lowest BCUT2D eigenvalue weighted by molar-refractivity contribution is -0.140. The molecule has 0 saturated carbocycles. The van der Waals surface area contributed by atoms with Gasteiger partial charge in [0, 0.05) is 6.54 Å². The normalized spacial score (nSPS) is 15.2. The topological polar surface area (TPSA) is 38.3 Å². The molecule has 3 nitrogen and oxygen atoms in total. The molecule has 0 fully saturated rings. The summed E-state index contributed by atoms with van der Waals surface area (Å²) in [6, 6.07) is 0. The van der Waals surface area contributed by atoms with Gasteiger partial charge in [-0.1, -0.05) is 13.8 Å². The molecule has 0 atom stereocenters. The van der Waals surface area contributed by atoms with E-state index < -0.39 is 0 Å². The number of hydrogen-bond donors (Lipinski definition) is 1. The fourth-order valence-electron chi connectivity index (χ4n) is 0.935. The van der Waals surface area contributed by atoms with Crippen LogP contribution < -0.4 is 5.32 Å². The van der Waals surface area contributed by atoms with Crippen LogP contribution in [0, 0.1) is 5.92 Å². The van der Waals surface area contributed by atoms with E-state index in [0.29, 0.717) is 24.6 Å². The van der Waals surface area contributed by atoms with E-state index in [1.165, 1.54) is 0 Å². The molecule has 0 aromatic carbocycles. The summed E-state index contributed by atoms with van der Waals surface area (Å²) < 4.78 is 5.06. The zero-order valence-electron chi connectivity index (χ0n) is 8.04. The van der Waals surface area contributed by atoms with E-state index in [9.17, 15) is 4.79 Å². The Balaban J connectivity index is 2.38. The van der Waals surface area contributed by atoms with E-state index in [2.05, 4.69) is 5.32 Å². The van der Waals surface area contributed by atoms with Gasteiger partial charge in [-0.3, -0.25) is 0 Å². The number of ether oxygens (including phenoxy) is 1. The highest BCUT2D eigenvalue weighted by Gasteiger charge is 2.11. The molecule has 0 bridgehead atoms. The Bertz CT molecular complexity index is 241. The molecule has 0 spiro atoms. The number of allylic oxidation sites excluding steroid dienone is 2. The van der Waals surface area contributed by atoms with Crippen LogP contribution >= 0.6 is 0 Å². The molecule has 0 unspecified atom stereocenters. The van der Waals surface area contributed by atoms with E-state index in [-0.39, 0.29) is 5.97 Å². The van der Waals surface area contributed by atoms with Gasteiger partial charge in [-0.2, -0.15) is 0 Å². The summed E-state index contributed by atoms with van der Waals surface area (Å²) >= 11 is 0. The molecule has 1 heterocycles. The maximum Gasteiger partial charge on any atom is 0.335 e. The van der Waals surface area contributed by atoms with Crippen LogP contribution in [0.1, 0.15) is 13.8 Å². The number of nitrogens with one attached hydrogen (secondary N) is 1. The average Bonchev–Trinajstić information content (AvgIpc) is 2.15. The molecule has 1 aliphatic rings. The third-order valence-corrected chi connectivity index (χ3v) is 1.61. The van der Waals surface area contributed by atoms with Gasteiger partial charge in [0.15, 0.2) is 0 Å². The fourth-order valence-corrected chi connectivity index (χ4v) is 0.935. The van der Waals surface area contributed by atoms with Crippen molar-refractivity contribution in [1.82, 2.24) is 5.32 Å². The summed E-state index contributed by atoms with van der Waals surface area (Å²) in [6.07, 6.45) is 5.38. The Morgan fingerprint density at radius 3 is 3.00 bits per heavy atom. The van der Waals surface area contributed by atoms with Crippen molar-refractivity contribution < 1.29 is 9.53 Å². The summed E-state index contributed by atoms with van der Waals surface area (Å²) in [7, 11) is 0. The minimum atomic E-state index is -0.217. The molecule has 0 radical (unpaired) electrons. The Labute approximate surface area is 78.5 Å². The van der Waals surface area contributed by atoms with Gasteiger partial charge in [0.2, 0.25) is 0 Å². The smallest absolute Gasteiger partial charge is 0.335 e. The van der Waals surface area contributed by atoms with Crippen LogP contribution in [-0.4, -0.2) is 19.1 Å². The Morgan fingerprint density at radius 1 is 1.69 bits per heavy atom. The van der Waals surface area contributed by atoms with E-state index in [4.69, 9.17) is 4.74 Å². The molecule has 1 N–H and O–H groups in total. The minimum Gasteiger partial charge on any atom is -0.462 e. The van der Waals surface area contributed by atoms with Gasteiger partial charge in [0.05, 0.1) is 12.2 Å². The van der Waals surface area contributed by atoms with Crippen LogP contribution in [-0.2, 0) is 9.53 Å². The first kappa shape index (κ1) is 9.84. The van der Waals surface area contributed by atoms with Gasteiger partial charge in [0.1, 0.15) is 0 Å². The third kappa shape index (κ3) is 3.32. The second-order valence-corrected chi connectivity index (χ2v) is 3.42. The zero-order chi connectivity index (χ0) is 9.68. The molecule has 0 saturated heterocycles. The van der Waals surface area contributed by atoms with Crippen molar-refractivity contribution in [1.29, 1.82) is 0 Å². The number of hydrogen-bond acceptors (Lipinski definition) is 3. The molecule has 72 valence electrons. The highest BCUT2D eigenvalue weighted by Crippen LogP contribution is 2.03. The molecule has 13 heavy (non-hydrogen) atoms. The summed E-state index contributed by atoms with van der Waals surface area (Å²) in [4.78, 5) is 11.3. The van der Waals surface area contributed by atoms with E-state index in [1.807, 2.05) is 13.8 Å². The molecular formula is C10H15NO2. The summed E-state index contributed by atoms with van der Waals surface area (Å²) in [6.45, 7) is 5.08.